The fourth-order valence-corrected chi connectivity index (χ4v) is 5.32. The number of hydrogen-bond acceptors (Lipinski definition) is 2. The molecule has 0 aromatic carbocycles. The van der Waals surface area contributed by atoms with Crippen molar-refractivity contribution in [2.75, 3.05) is 26.2 Å². The summed E-state index contributed by atoms with van der Waals surface area (Å²) in [5, 5.41) is 0. The summed E-state index contributed by atoms with van der Waals surface area (Å²) in [7, 11) is 0. The minimum absolute atomic E-state index is 0.261. The van der Waals surface area contributed by atoms with Crippen LogP contribution in [0.5, 0.6) is 0 Å². The van der Waals surface area contributed by atoms with Crippen LogP contribution in [0.25, 0.3) is 0 Å². The number of fused-ring (bicyclic) bond motifs is 1. The monoisotopic (exact) mass is 318 g/mol. The van der Waals surface area contributed by atoms with Crippen molar-refractivity contribution in [2.24, 2.45) is 23.7 Å². The second-order valence-electron chi connectivity index (χ2n) is 8.12. The van der Waals surface area contributed by atoms with Gasteiger partial charge in [0.1, 0.15) is 0 Å². The normalized spacial score (nSPS) is 34.9. The Morgan fingerprint density at radius 2 is 1.09 bits per heavy atom. The van der Waals surface area contributed by atoms with Gasteiger partial charge in [-0.15, -0.1) is 0 Å². The molecule has 3 saturated carbocycles. The lowest BCUT2D eigenvalue weighted by molar-refractivity contribution is -0.143. The molecule has 0 N–H and O–H groups in total. The van der Waals surface area contributed by atoms with Crippen molar-refractivity contribution in [3.8, 4) is 0 Å². The van der Waals surface area contributed by atoms with Crippen LogP contribution in [0, 0.1) is 23.7 Å². The van der Waals surface area contributed by atoms with Gasteiger partial charge >= 0.3 is 0 Å². The lowest BCUT2D eigenvalue weighted by atomic mass is 9.88. The lowest BCUT2D eigenvalue weighted by Crippen LogP contribution is -2.52. The SMILES string of the molecule is O=C(C1CCCCC1)N1CCN(C(=O)C2C3CCCCC32)CC1. The second kappa shape index (κ2) is 6.45. The molecule has 1 aliphatic heterocycles. The highest BCUT2D eigenvalue weighted by Crippen LogP contribution is 2.56. The average molecular weight is 318 g/mol. The van der Waals surface area contributed by atoms with Gasteiger partial charge in [-0.05, 0) is 37.5 Å². The Kier molecular flexibility index (Phi) is 4.33. The van der Waals surface area contributed by atoms with Gasteiger partial charge in [-0.2, -0.15) is 0 Å². The molecule has 0 bridgehead atoms. The molecule has 0 aromatic heterocycles. The molecule has 2 amide bonds. The average Bonchev–Trinajstić information content (AvgIpc) is 3.36. The first-order valence-corrected chi connectivity index (χ1v) is 9.83. The summed E-state index contributed by atoms with van der Waals surface area (Å²) in [5.74, 6) is 2.73. The van der Waals surface area contributed by atoms with Crippen molar-refractivity contribution < 1.29 is 9.59 Å². The number of nitrogens with zero attached hydrogens (tertiary/aromatic N) is 2. The first kappa shape index (κ1) is 15.5. The zero-order valence-corrected chi connectivity index (χ0v) is 14.2. The predicted octanol–water partition coefficient (Wildman–Crippen LogP) is 2.67. The van der Waals surface area contributed by atoms with E-state index in [1.807, 2.05) is 9.80 Å². The third-order valence-corrected chi connectivity index (χ3v) is 6.80. The molecular formula is C19H30N2O2. The maximum absolute atomic E-state index is 12.7. The quantitative estimate of drug-likeness (QED) is 0.785. The first-order chi connectivity index (χ1) is 11.3. The molecule has 4 aliphatic rings. The Balaban J connectivity index is 1.27. The van der Waals surface area contributed by atoms with Crippen molar-refractivity contribution in [3.05, 3.63) is 0 Å². The molecule has 3 aliphatic carbocycles. The maximum atomic E-state index is 12.7. The molecule has 4 fully saturated rings. The van der Waals surface area contributed by atoms with E-state index in [1.54, 1.807) is 0 Å². The summed E-state index contributed by atoms with van der Waals surface area (Å²) in [6.07, 6.45) is 11.0. The van der Waals surface area contributed by atoms with Gasteiger partial charge in [0.2, 0.25) is 11.8 Å². The molecule has 23 heavy (non-hydrogen) atoms. The van der Waals surface area contributed by atoms with E-state index in [0.717, 1.165) is 39.0 Å². The summed E-state index contributed by atoms with van der Waals surface area (Å²) in [6, 6.07) is 0. The highest BCUT2D eigenvalue weighted by molar-refractivity contribution is 5.83. The molecule has 1 heterocycles. The van der Waals surface area contributed by atoms with Crippen LogP contribution in [0.1, 0.15) is 57.8 Å². The molecule has 0 aromatic rings. The summed E-state index contributed by atoms with van der Waals surface area (Å²) in [5.41, 5.74) is 0. The Morgan fingerprint density at radius 3 is 1.65 bits per heavy atom. The summed E-state index contributed by atoms with van der Waals surface area (Å²) in [6.45, 7) is 3.02. The zero-order chi connectivity index (χ0) is 15.8. The fraction of sp³-hybridized carbons (Fsp3) is 0.895. The summed E-state index contributed by atoms with van der Waals surface area (Å²) >= 11 is 0. The Morgan fingerprint density at radius 1 is 0.609 bits per heavy atom. The van der Waals surface area contributed by atoms with Gasteiger partial charge in [-0.1, -0.05) is 32.1 Å². The molecule has 0 spiro atoms. The van der Waals surface area contributed by atoms with Crippen LogP contribution in [-0.4, -0.2) is 47.8 Å². The molecule has 1 saturated heterocycles. The topological polar surface area (TPSA) is 40.6 Å². The molecule has 2 unspecified atom stereocenters. The molecule has 4 heteroatoms. The molecule has 4 nitrogen and oxygen atoms in total. The van der Waals surface area contributed by atoms with Crippen LogP contribution < -0.4 is 0 Å². The van der Waals surface area contributed by atoms with E-state index in [1.165, 1.54) is 44.9 Å². The number of hydrogen-bond donors (Lipinski definition) is 0. The molecule has 2 atom stereocenters. The van der Waals surface area contributed by atoms with Crippen molar-refractivity contribution in [1.82, 2.24) is 9.80 Å². The number of piperazine rings is 1. The second-order valence-corrected chi connectivity index (χ2v) is 8.12. The molecule has 4 rings (SSSR count). The largest absolute Gasteiger partial charge is 0.339 e. The summed E-state index contributed by atoms with van der Waals surface area (Å²) in [4.78, 5) is 29.4. The van der Waals surface area contributed by atoms with E-state index in [0.29, 0.717) is 29.6 Å². The number of amides is 2. The maximum Gasteiger partial charge on any atom is 0.226 e. The fourth-order valence-electron chi connectivity index (χ4n) is 5.32. The van der Waals surface area contributed by atoms with Crippen LogP contribution in [0.2, 0.25) is 0 Å². The Bertz CT molecular complexity index is 452. The Labute approximate surface area is 139 Å². The van der Waals surface area contributed by atoms with Gasteiger partial charge in [0.05, 0.1) is 0 Å². The smallest absolute Gasteiger partial charge is 0.226 e. The van der Waals surface area contributed by atoms with Gasteiger partial charge < -0.3 is 9.80 Å². The highest BCUT2D eigenvalue weighted by atomic mass is 16.2. The third kappa shape index (κ3) is 3.01. The standard InChI is InChI=1S/C19H30N2O2/c22-18(14-6-2-1-3-7-14)20-10-12-21(13-11-20)19(23)17-15-8-4-5-9-16(15)17/h14-17H,1-13H2. The zero-order valence-electron chi connectivity index (χ0n) is 14.2. The lowest BCUT2D eigenvalue weighted by Gasteiger charge is -2.37. The summed E-state index contributed by atoms with van der Waals surface area (Å²) < 4.78 is 0. The minimum Gasteiger partial charge on any atom is -0.339 e. The van der Waals surface area contributed by atoms with Gasteiger partial charge in [0, 0.05) is 38.0 Å². The van der Waals surface area contributed by atoms with Gasteiger partial charge in [-0.3, -0.25) is 9.59 Å². The molecule has 0 radical (unpaired) electrons. The third-order valence-electron chi connectivity index (χ3n) is 6.80. The van der Waals surface area contributed by atoms with Gasteiger partial charge in [0.15, 0.2) is 0 Å². The van der Waals surface area contributed by atoms with E-state index >= 15 is 0 Å². The van der Waals surface area contributed by atoms with E-state index in [-0.39, 0.29) is 5.92 Å². The van der Waals surface area contributed by atoms with Crippen LogP contribution in [0.15, 0.2) is 0 Å². The van der Waals surface area contributed by atoms with Gasteiger partial charge in [-0.25, -0.2) is 0 Å². The molecular weight excluding hydrogens is 288 g/mol. The predicted molar refractivity (Wildman–Crippen MR) is 88.7 cm³/mol. The number of carbonyl (C=O) groups excluding carboxylic acids is 2. The van der Waals surface area contributed by atoms with Gasteiger partial charge in [0.25, 0.3) is 0 Å². The first-order valence-electron chi connectivity index (χ1n) is 9.83. The van der Waals surface area contributed by atoms with Crippen molar-refractivity contribution in [3.63, 3.8) is 0 Å². The van der Waals surface area contributed by atoms with E-state index in [9.17, 15) is 9.59 Å². The number of rotatable bonds is 2. The van der Waals surface area contributed by atoms with E-state index in [2.05, 4.69) is 0 Å². The van der Waals surface area contributed by atoms with Crippen molar-refractivity contribution >= 4 is 11.8 Å². The minimum atomic E-state index is 0.261. The number of carbonyl (C=O) groups is 2. The van der Waals surface area contributed by atoms with E-state index < -0.39 is 0 Å². The molecule has 128 valence electrons. The van der Waals surface area contributed by atoms with Crippen LogP contribution >= 0.6 is 0 Å². The van der Waals surface area contributed by atoms with Crippen molar-refractivity contribution in [1.29, 1.82) is 0 Å². The van der Waals surface area contributed by atoms with Crippen LogP contribution in [0.3, 0.4) is 0 Å². The Hall–Kier alpha value is -1.06. The van der Waals surface area contributed by atoms with Crippen LogP contribution in [-0.2, 0) is 9.59 Å². The van der Waals surface area contributed by atoms with E-state index in [4.69, 9.17) is 0 Å². The van der Waals surface area contributed by atoms with Crippen LogP contribution in [0.4, 0.5) is 0 Å². The van der Waals surface area contributed by atoms with Crippen molar-refractivity contribution in [2.45, 2.75) is 57.8 Å². The highest BCUT2D eigenvalue weighted by Gasteiger charge is 2.55.